The molecule has 1 aliphatic heterocycles. The Bertz CT molecular complexity index is 1830. The number of aromatic carboxylic acids is 1. The van der Waals surface area contributed by atoms with Gasteiger partial charge in [-0.2, -0.15) is 18.4 Å². The number of likely N-dealkylation sites (tertiary alicyclic amines) is 1. The topological polar surface area (TPSA) is 140 Å². The van der Waals surface area contributed by atoms with Crippen LogP contribution in [0.25, 0.3) is 0 Å². The molecule has 0 saturated carbocycles. The Morgan fingerprint density at radius 2 is 1.66 bits per heavy atom. The molecule has 3 aromatic carbocycles. The summed E-state index contributed by atoms with van der Waals surface area (Å²) in [6, 6.07) is 12.6. The number of carboxylic acid groups (broad SMARTS) is 2. The van der Waals surface area contributed by atoms with Gasteiger partial charge >= 0.3 is 18.1 Å². The molecular weight excluding hydrogens is 712 g/mol. The molecule has 0 radical (unpaired) electrons. The lowest BCUT2D eigenvalue weighted by Crippen LogP contribution is -2.45. The Hall–Kier alpha value is -4.45. The number of likely N-dealkylation sites (N-methyl/N-ethyl adjacent to an activating group) is 1. The van der Waals surface area contributed by atoms with Crippen molar-refractivity contribution in [1.82, 2.24) is 4.90 Å². The first-order chi connectivity index (χ1) is 23.1. The summed E-state index contributed by atoms with van der Waals surface area (Å²) in [6.07, 6.45) is -4.75. The predicted molar refractivity (Wildman–Crippen MR) is 175 cm³/mol. The number of carbonyl (C=O) groups excluding carboxylic acids is 1. The third-order valence-corrected chi connectivity index (χ3v) is 8.69. The second-order valence-corrected chi connectivity index (χ2v) is 13.5. The smallest absolute Gasteiger partial charge is 0.490 e. The number of ether oxygens (including phenoxy) is 1. The van der Waals surface area contributed by atoms with Gasteiger partial charge in [0.2, 0.25) is 5.91 Å². The molecule has 4 atom stereocenters. The van der Waals surface area contributed by atoms with Gasteiger partial charge in [0.25, 0.3) is 0 Å². The summed E-state index contributed by atoms with van der Waals surface area (Å²) in [6.45, 7) is 5.87. The molecule has 3 N–H and O–H groups in total. The molecule has 1 fully saturated rings. The first-order valence-electron chi connectivity index (χ1n) is 14.7. The number of methoxy groups -OCH3 is 1. The quantitative estimate of drug-likeness (QED) is 0.208. The van der Waals surface area contributed by atoms with Gasteiger partial charge in [-0.25, -0.2) is 18.4 Å². The highest BCUT2D eigenvalue weighted by atomic mass is 35.5. The highest BCUT2D eigenvalue weighted by Crippen LogP contribution is 2.56. The molecule has 0 spiro atoms. The Balaban J connectivity index is 0.000000872. The highest BCUT2D eigenvalue weighted by Gasteiger charge is 2.64. The van der Waals surface area contributed by atoms with Crippen LogP contribution in [0.1, 0.15) is 54.6 Å². The number of nitriles is 1. The average Bonchev–Trinajstić information content (AvgIpc) is 3.25. The standard InChI is InChI=1S/C32H31Cl2F2N3O4.C2HF3O2/c1-31(2,3)15-25-32(16-37,20-11-10-18(33)14-22(20)35)26(19-7-6-8-21(34)27(19)36)28(39(25)4)29(40)38-23-12-9-17(30(41)42)13-24(23)43-5;3-2(4,5)1(6)7/h6-14,25-26,28H,15H2,1-5H3,(H,38,40)(H,41,42);(H,6,7)/t25-,26-,28+,32-;/m0./s1. The van der Waals surface area contributed by atoms with Gasteiger partial charge in [0, 0.05) is 22.5 Å². The number of carboxylic acids is 2. The molecule has 3 aromatic rings. The summed E-state index contributed by atoms with van der Waals surface area (Å²) in [7, 11) is 2.97. The van der Waals surface area contributed by atoms with E-state index < -0.39 is 64.5 Å². The van der Waals surface area contributed by atoms with E-state index in [2.05, 4.69) is 11.4 Å². The van der Waals surface area contributed by atoms with E-state index in [4.69, 9.17) is 37.8 Å². The zero-order valence-electron chi connectivity index (χ0n) is 27.2. The lowest BCUT2D eigenvalue weighted by molar-refractivity contribution is -0.192. The van der Waals surface area contributed by atoms with Gasteiger partial charge < -0.3 is 20.3 Å². The van der Waals surface area contributed by atoms with Crippen LogP contribution in [-0.4, -0.2) is 65.4 Å². The van der Waals surface area contributed by atoms with E-state index in [0.717, 1.165) is 6.07 Å². The number of carbonyl (C=O) groups is 3. The SMILES string of the molecule is COc1cc(C(=O)O)ccc1NC(=O)[C@H]1[C@H](c2cccc(Cl)c2F)[C@@](C#N)(c2ccc(Cl)cc2F)[C@H](CC(C)(C)C)N1C.O=C(O)C(F)(F)F. The third-order valence-electron chi connectivity index (χ3n) is 8.16. The van der Waals surface area contributed by atoms with Crippen LogP contribution in [0.15, 0.2) is 54.6 Å². The van der Waals surface area contributed by atoms with Crippen LogP contribution < -0.4 is 10.1 Å². The molecule has 4 rings (SSSR count). The van der Waals surface area contributed by atoms with E-state index in [1.54, 1.807) is 11.9 Å². The summed E-state index contributed by atoms with van der Waals surface area (Å²) in [4.78, 5) is 36.3. The van der Waals surface area contributed by atoms with Crippen molar-refractivity contribution in [1.29, 1.82) is 5.26 Å². The maximum atomic E-state index is 15.9. The van der Waals surface area contributed by atoms with Gasteiger partial charge in [0.1, 0.15) is 22.8 Å². The van der Waals surface area contributed by atoms with Crippen molar-refractivity contribution in [2.75, 3.05) is 19.5 Å². The first kappa shape index (κ1) is 40.0. The number of hydrogen-bond donors (Lipinski definition) is 3. The molecule has 0 bridgehead atoms. The fourth-order valence-corrected chi connectivity index (χ4v) is 6.45. The normalized spacial score (nSPS) is 20.7. The minimum atomic E-state index is -5.08. The fourth-order valence-electron chi connectivity index (χ4n) is 6.11. The Morgan fingerprint density at radius 3 is 2.16 bits per heavy atom. The van der Waals surface area contributed by atoms with Crippen LogP contribution in [-0.2, 0) is 15.0 Å². The molecule has 50 heavy (non-hydrogen) atoms. The minimum Gasteiger partial charge on any atom is -0.495 e. The molecule has 1 heterocycles. The van der Waals surface area contributed by atoms with Crippen LogP contribution >= 0.6 is 23.2 Å². The van der Waals surface area contributed by atoms with Crippen molar-refractivity contribution >= 4 is 46.7 Å². The second kappa shape index (κ2) is 15.2. The number of anilines is 1. The van der Waals surface area contributed by atoms with E-state index in [1.165, 1.54) is 55.6 Å². The zero-order valence-corrected chi connectivity index (χ0v) is 28.7. The maximum Gasteiger partial charge on any atom is 0.490 e. The molecule has 268 valence electrons. The Kier molecular flexibility index (Phi) is 12.2. The van der Waals surface area contributed by atoms with Gasteiger partial charge in [-0.3, -0.25) is 9.69 Å². The highest BCUT2D eigenvalue weighted by molar-refractivity contribution is 6.31. The van der Waals surface area contributed by atoms with Crippen molar-refractivity contribution in [2.45, 2.75) is 56.8 Å². The van der Waals surface area contributed by atoms with Gasteiger partial charge in [-0.05, 0) is 60.8 Å². The average molecular weight is 745 g/mol. The number of rotatable bonds is 7. The van der Waals surface area contributed by atoms with Crippen molar-refractivity contribution in [2.24, 2.45) is 5.41 Å². The predicted octanol–water partition coefficient (Wildman–Crippen LogP) is 7.91. The number of alkyl halides is 3. The lowest BCUT2D eigenvalue weighted by Gasteiger charge is -2.38. The number of aliphatic carboxylic acids is 1. The molecule has 1 aliphatic rings. The summed E-state index contributed by atoms with van der Waals surface area (Å²) >= 11 is 12.3. The molecule has 1 amide bonds. The van der Waals surface area contributed by atoms with Crippen LogP contribution in [0.5, 0.6) is 5.75 Å². The molecular formula is C34H32Cl2F5N3O6. The number of amides is 1. The zero-order chi connectivity index (χ0) is 37.9. The lowest BCUT2D eigenvalue weighted by atomic mass is 9.62. The van der Waals surface area contributed by atoms with Gasteiger partial charge in [0.15, 0.2) is 0 Å². The van der Waals surface area contributed by atoms with E-state index in [0.29, 0.717) is 6.42 Å². The summed E-state index contributed by atoms with van der Waals surface area (Å²) in [5.74, 6) is -7.33. The second-order valence-electron chi connectivity index (χ2n) is 12.6. The van der Waals surface area contributed by atoms with Crippen molar-refractivity contribution in [3.63, 3.8) is 0 Å². The van der Waals surface area contributed by atoms with E-state index in [9.17, 15) is 33.1 Å². The van der Waals surface area contributed by atoms with Crippen LogP contribution in [0.2, 0.25) is 10.0 Å². The summed E-state index contributed by atoms with van der Waals surface area (Å²) in [5.41, 5.74) is -2.12. The Labute approximate surface area is 294 Å². The van der Waals surface area contributed by atoms with E-state index in [-0.39, 0.29) is 38.2 Å². The number of nitrogens with one attached hydrogen (secondary N) is 1. The molecule has 0 aliphatic carbocycles. The monoisotopic (exact) mass is 743 g/mol. The Morgan fingerprint density at radius 1 is 1.04 bits per heavy atom. The van der Waals surface area contributed by atoms with Crippen LogP contribution in [0.4, 0.5) is 27.6 Å². The third kappa shape index (κ3) is 8.29. The van der Waals surface area contributed by atoms with Crippen LogP contribution in [0, 0.1) is 28.4 Å². The molecule has 16 heteroatoms. The molecule has 9 nitrogen and oxygen atoms in total. The maximum absolute atomic E-state index is 15.9. The van der Waals surface area contributed by atoms with Gasteiger partial charge in [0.05, 0.1) is 35.5 Å². The molecule has 1 saturated heterocycles. The fraction of sp³-hybridized carbons (Fsp3) is 0.353. The van der Waals surface area contributed by atoms with Gasteiger partial charge in [-0.1, -0.05) is 62.2 Å². The molecule has 0 unspecified atom stereocenters. The molecule has 0 aromatic heterocycles. The number of hydrogen-bond acceptors (Lipinski definition) is 6. The summed E-state index contributed by atoms with van der Waals surface area (Å²) < 4.78 is 68.9. The minimum absolute atomic E-state index is 0.0245. The summed E-state index contributed by atoms with van der Waals surface area (Å²) in [5, 5.41) is 30.2. The first-order valence-corrected chi connectivity index (χ1v) is 15.4. The van der Waals surface area contributed by atoms with Crippen molar-refractivity contribution in [3.8, 4) is 11.8 Å². The van der Waals surface area contributed by atoms with E-state index >= 15 is 8.78 Å². The van der Waals surface area contributed by atoms with Gasteiger partial charge in [-0.15, -0.1) is 0 Å². The number of benzene rings is 3. The van der Waals surface area contributed by atoms with Crippen LogP contribution in [0.3, 0.4) is 0 Å². The number of nitrogens with zero attached hydrogens (tertiary/aromatic N) is 2. The van der Waals surface area contributed by atoms with Crippen molar-refractivity contribution in [3.05, 3.63) is 93.0 Å². The largest absolute Gasteiger partial charge is 0.495 e. The van der Waals surface area contributed by atoms with E-state index in [1.807, 2.05) is 20.8 Å². The van der Waals surface area contributed by atoms with Crippen molar-refractivity contribution < 1.29 is 51.3 Å². The number of halogens is 7.